The lowest BCUT2D eigenvalue weighted by molar-refractivity contribution is -0.385. The summed E-state index contributed by atoms with van der Waals surface area (Å²) >= 11 is 0.883. The summed E-state index contributed by atoms with van der Waals surface area (Å²) in [5, 5.41) is 28.2. The van der Waals surface area contributed by atoms with Crippen LogP contribution in [0.1, 0.15) is 12.0 Å². The van der Waals surface area contributed by atoms with Crippen molar-refractivity contribution < 1.29 is 24.0 Å². The molecule has 0 bridgehead atoms. The van der Waals surface area contributed by atoms with Crippen LogP contribution in [0.4, 0.5) is 10.1 Å². The lowest BCUT2D eigenvalue weighted by Gasteiger charge is -1.98. The van der Waals surface area contributed by atoms with Gasteiger partial charge in [-0.2, -0.15) is 5.10 Å². The number of hydrogen-bond donors (Lipinski definition) is 2. The van der Waals surface area contributed by atoms with Crippen LogP contribution < -0.4 is 5.32 Å². The van der Waals surface area contributed by atoms with Crippen molar-refractivity contribution in [3.63, 3.8) is 0 Å². The number of halogens is 1. The second kappa shape index (κ2) is 6.96. The number of carbonyl (C=O) groups is 2. The van der Waals surface area contributed by atoms with E-state index in [0.29, 0.717) is 0 Å². The van der Waals surface area contributed by atoms with Crippen LogP contribution >= 0.6 is 11.8 Å². The highest BCUT2D eigenvalue weighted by molar-refractivity contribution is 8.15. The molecule has 1 saturated heterocycles. The van der Waals surface area contributed by atoms with Gasteiger partial charge in [-0.25, -0.2) is 4.39 Å². The maximum absolute atomic E-state index is 13.1. The maximum atomic E-state index is 13.1. The van der Waals surface area contributed by atoms with E-state index < -0.39 is 27.9 Å². The largest absolute Gasteiger partial charge is 0.481 e. The van der Waals surface area contributed by atoms with Crippen molar-refractivity contribution in [3.05, 3.63) is 39.7 Å². The molecule has 2 N–H and O–H groups in total. The van der Waals surface area contributed by atoms with Gasteiger partial charge in [-0.15, -0.1) is 5.10 Å². The molecule has 1 aromatic rings. The molecule has 0 spiro atoms. The molecule has 1 aromatic carbocycles. The molecule has 11 heteroatoms. The molecule has 0 radical (unpaired) electrons. The van der Waals surface area contributed by atoms with Gasteiger partial charge in [0.15, 0.2) is 5.17 Å². The minimum absolute atomic E-state index is 0.0663. The van der Waals surface area contributed by atoms with Gasteiger partial charge in [-0.3, -0.25) is 19.7 Å². The second-order valence-corrected chi connectivity index (χ2v) is 5.50. The molecule has 1 fully saturated rings. The Kier molecular flexibility index (Phi) is 5.01. The highest BCUT2D eigenvalue weighted by Crippen LogP contribution is 2.22. The van der Waals surface area contributed by atoms with Crippen LogP contribution in [0.15, 0.2) is 28.4 Å². The topological polar surface area (TPSA) is 134 Å². The van der Waals surface area contributed by atoms with Gasteiger partial charge in [0.05, 0.1) is 23.1 Å². The molecule has 1 aliphatic rings. The van der Waals surface area contributed by atoms with E-state index in [4.69, 9.17) is 5.11 Å². The lowest BCUT2D eigenvalue weighted by atomic mass is 10.2. The third kappa shape index (κ3) is 4.32. The number of aliphatic carboxylic acids is 1. The monoisotopic (exact) mass is 340 g/mol. The van der Waals surface area contributed by atoms with Crippen molar-refractivity contribution in [2.75, 3.05) is 0 Å². The van der Waals surface area contributed by atoms with Crippen LogP contribution in [0, 0.1) is 15.9 Å². The van der Waals surface area contributed by atoms with E-state index in [1.54, 1.807) is 0 Å². The Morgan fingerprint density at radius 3 is 2.96 bits per heavy atom. The molecule has 1 unspecified atom stereocenters. The molecule has 0 saturated carbocycles. The fraction of sp³-hybridized carbons (Fsp3) is 0.167. The fourth-order valence-corrected chi connectivity index (χ4v) is 2.60. The molecule has 9 nitrogen and oxygen atoms in total. The number of nitrogens with one attached hydrogen (secondary N) is 1. The fourth-order valence-electron chi connectivity index (χ4n) is 1.68. The van der Waals surface area contributed by atoms with Crippen molar-refractivity contribution in [2.45, 2.75) is 11.7 Å². The zero-order valence-electron chi connectivity index (χ0n) is 11.3. The first-order chi connectivity index (χ1) is 10.9. The molecule has 0 aromatic heterocycles. The quantitative estimate of drug-likeness (QED) is 0.469. The lowest BCUT2D eigenvalue weighted by Crippen LogP contribution is -2.26. The average Bonchev–Trinajstić information content (AvgIpc) is 2.78. The van der Waals surface area contributed by atoms with E-state index in [0.717, 1.165) is 36.2 Å². The predicted molar refractivity (Wildman–Crippen MR) is 79.9 cm³/mol. The number of rotatable bonds is 5. The summed E-state index contributed by atoms with van der Waals surface area (Å²) in [6.45, 7) is 0. The zero-order valence-corrected chi connectivity index (χ0v) is 12.1. The van der Waals surface area contributed by atoms with Gasteiger partial charge in [0.1, 0.15) is 11.1 Å². The number of hydrogen-bond acceptors (Lipinski definition) is 7. The number of amidine groups is 1. The van der Waals surface area contributed by atoms with Crippen LogP contribution in [0.2, 0.25) is 0 Å². The summed E-state index contributed by atoms with van der Waals surface area (Å²) in [6.07, 6.45) is 0.611. The maximum Gasteiger partial charge on any atom is 0.305 e. The normalized spacial score (nSPS) is 19.3. The van der Waals surface area contributed by atoms with Gasteiger partial charge in [-0.1, -0.05) is 11.8 Å². The Balaban J connectivity index is 2.13. The molecule has 120 valence electrons. The van der Waals surface area contributed by atoms with E-state index in [1.165, 1.54) is 0 Å². The van der Waals surface area contributed by atoms with Crippen molar-refractivity contribution in [2.24, 2.45) is 10.2 Å². The summed E-state index contributed by atoms with van der Waals surface area (Å²) in [6, 6.07) is 2.87. The first kappa shape index (κ1) is 16.5. The minimum atomic E-state index is -1.13. The van der Waals surface area contributed by atoms with Crippen molar-refractivity contribution >= 4 is 40.7 Å². The van der Waals surface area contributed by atoms with Crippen molar-refractivity contribution in [1.82, 2.24) is 5.32 Å². The summed E-state index contributed by atoms with van der Waals surface area (Å²) in [7, 11) is 0. The van der Waals surface area contributed by atoms with E-state index in [1.807, 2.05) is 0 Å². The van der Waals surface area contributed by atoms with E-state index in [9.17, 15) is 24.1 Å². The number of carboxylic acid groups (broad SMARTS) is 1. The van der Waals surface area contributed by atoms with Gasteiger partial charge in [-0.05, 0) is 12.1 Å². The number of carboxylic acids is 1. The smallest absolute Gasteiger partial charge is 0.305 e. The first-order valence-corrected chi connectivity index (χ1v) is 6.99. The molecule has 1 heterocycles. The second-order valence-electron chi connectivity index (χ2n) is 4.30. The first-order valence-electron chi connectivity index (χ1n) is 6.11. The predicted octanol–water partition coefficient (Wildman–Crippen LogP) is 1.13. The van der Waals surface area contributed by atoms with Crippen LogP contribution in [-0.2, 0) is 9.59 Å². The summed E-state index contributed by atoms with van der Waals surface area (Å²) in [4.78, 5) is 32.2. The summed E-state index contributed by atoms with van der Waals surface area (Å²) in [5.41, 5.74) is -0.432. The number of carbonyl (C=O) groups excluding carboxylic acids is 1. The molecule has 2 rings (SSSR count). The Morgan fingerprint density at radius 2 is 2.30 bits per heavy atom. The summed E-state index contributed by atoms with van der Waals surface area (Å²) < 4.78 is 13.1. The molecular formula is C12H9FN4O5S. The number of nitro groups is 1. The third-order valence-corrected chi connectivity index (χ3v) is 3.74. The Hall–Kier alpha value is -2.82. The molecule has 1 aliphatic heterocycles. The van der Waals surface area contributed by atoms with Gasteiger partial charge >= 0.3 is 5.97 Å². The minimum Gasteiger partial charge on any atom is -0.481 e. The molecule has 1 atom stereocenters. The SMILES string of the molecule is O=C(O)CC1SC(=NN=Cc2cc(F)ccc2[N+](=O)[O-])NC1=O. The molecule has 0 aliphatic carbocycles. The number of amides is 1. The van der Waals surface area contributed by atoms with Crippen molar-refractivity contribution in [3.8, 4) is 0 Å². The van der Waals surface area contributed by atoms with Gasteiger partial charge < -0.3 is 10.4 Å². The third-order valence-electron chi connectivity index (χ3n) is 2.67. The van der Waals surface area contributed by atoms with Crippen LogP contribution in [-0.4, -0.2) is 38.5 Å². The van der Waals surface area contributed by atoms with Gasteiger partial charge in [0, 0.05) is 6.07 Å². The molecule has 23 heavy (non-hydrogen) atoms. The highest BCUT2D eigenvalue weighted by Gasteiger charge is 2.32. The Labute approximate surface area is 132 Å². The zero-order chi connectivity index (χ0) is 17.0. The van der Waals surface area contributed by atoms with Crippen LogP contribution in [0.25, 0.3) is 0 Å². The van der Waals surface area contributed by atoms with Crippen LogP contribution in [0.3, 0.4) is 0 Å². The Bertz CT molecular complexity index is 736. The summed E-state index contributed by atoms with van der Waals surface area (Å²) in [5.74, 6) is -2.31. The van der Waals surface area contributed by atoms with Gasteiger partial charge in [0.25, 0.3) is 5.69 Å². The number of nitrogens with zero attached hydrogens (tertiary/aromatic N) is 3. The molecular weight excluding hydrogens is 331 g/mol. The number of benzene rings is 1. The van der Waals surface area contributed by atoms with Crippen LogP contribution in [0.5, 0.6) is 0 Å². The van der Waals surface area contributed by atoms with E-state index in [-0.39, 0.29) is 22.8 Å². The Morgan fingerprint density at radius 1 is 1.57 bits per heavy atom. The molecule has 1 amide bonds. The van der Waals surface area contributed by atoms with Gasteiger partial charge in [0.2, 0.25) is 5.91 Å². The standard InChI is InChI=1S/C12H9FN4O5S/c13-7-1-2-8(17(21)22)6(3-7)5-14-16-12-15-11(20)9(23-12)4-10(18)19/h1-3,5,9H,4H2,(H,18,19)(H,15,16,20). The number of thioether (sulfide) groups is 1. The van der Waals surface area contributed by atoms with E-state index in [2.05, 4.69) is 15.5 Å². The van der Waals surface area contributed by atoms with E-state index >= 15 is 0 Å². The average molecular weight is 340 g/mol. The number of nitro benzene ring substituents is 1. The van der Waals surface area contributed by atoms with Crippen molar-refractivity contribution in [1.29, 1.82) is 0 Å². The highest BCUT2D eigenvalue weighted by atomic mass is 32.2.